The van der Waals surface area contributed by atoms with E-state index in [1.165, 1.54) is 6.07 Å². The van der Waals surface area contributed by atoms with E-state index in [2.05, 4.69) is 0 Å². The summed E-state index contributed by atoms with van der Waals surface area (Å²) >= 11 is 5.71. The van der Waals surface area contributed by atoms with E-state index < -0.39 is 5.82 Å². The SMILES string of the molecule is Nc1cc(N)c(OC2CCOCC2)c(F)c1Cl. The molecule has 1 fully saturated rings. The molecule has 1 saturated heterocycles. The average Bonchev–Trinajstić information content (AvgIpc) is 2.33. The van der Waals surface area contributed by atoms with E-state index in [1.807, 2.05) is 0 Å². The van der Waals surface area contributed by atoms with Crippen LogP contribution >= 0.6 is 11.6 Å². The molecule has 2 rings (SSSR count). The highest BCUT2D eigenvalue weighted by atomic mass is 35.5. The molecule has 6 heteroatoms. The third-order valence-electron chi connectivity index (χ3n) is 2.67. The molecule has 1 heterocycles. The van der Waals surface area contributed by atoms with Gasteiger partial charge in [-0.05, 0) is 6.07 Å². The molecule has 0 unspecified atom stereocenters. The van der Waals surface area contributed by atoms with E-state index in [0.29, 0.717) is 26.1 Å². The van der Waals surface area contributed by atoms with Crippen molar-refractivity contribution in [1.82, 2.24) is 0 Å². The van der Waals surface area contributed by atoms with Gasteiger partial charge in [-0.15, -0.1) is 0 Å². The average molecular weight is 261 g/mol. The molecule has 17 heavy (non-hydrogen) atoms. The summed E-state index contributed by atoms with van der Waals surface area (Å²) in [5, 5.41) is -0.152. The lowest BCUT2D eigenvalue weighted by atomic mass is 10.1. The van der Waals surface area contributed by atoms with E-state index >= 15 is 0 Å². The van der Waals surface area contributed by atoms with E-state index in [4.69, 9.17) is 32.5 Å². The number of nitrogen functional groups attached to an aromatic ring is 2. The highest BCUT2D eigenvalue weighted by Gasteiger charge is 2.21. The fourth-order valence-corrected chi connectivity index (χ4v) is 1.87. The highest BCUT2D eigenvalue weighted by molar-refractivity contribution is 6.33. The van der Waals surface area contributed by atoms with Gasteiger partial charge in [-0.25, -0.2) is 4.39 Å². The minimum atomic E-state index is -0.698. The largest absolute Gasteiger partial charge is 0.485 e. The molecular weight excluding hydrogens is 247 g/mol. The van der Waals surface area contributed by atoms with Gasteiger partial charge in [-0.1, -0.05) is 11.6 Å². The zero-order valence-electron chi connectivity index (χ0n) is 9.21. The Morgan fingerprint density at radius 3 is 2.59 bits per heavy atom. The first kappa shape index (κ1) is 12.3. The van der Waals surface area contributed by atoms with Crippen LogP contribution in [0, 0.1) is 5.82 Å². The maximum atomic E-state index is 13.8. The number of hydrogen-bond acceptors (Lipinski definition) is 4. The Morgan fingerprint density at radius 1 is 1.29 bits per heavy atom. The minimum absolute atomic E-state index is 0.0175. The zero-order valence-corrected chi connectivity index (χ0v) is 9.97. The zero-order chi connectivity index (χ0) is 12.4. The monoisotopic (exact) mass is 260 g/mol. The quantitative estimate of drug-likeness (QED) is 0.800. The second-order valence-corrected chi connectivity index (χ2v) is 4.32. The van der Waals surface area contributed by atoms with Crippen LogP contribution in [0.5, 0.6) is 5.75 Å². The molecule has 1 aromatic carbocycles. The minimum Gasteiger partial charge on any atom is -0.485 e. The van der Waals surface area contributed by atoms with Crippen LogP contribution in [0.2, 0.25) is 5.02 Å². The molecule has 1 aliphatic heterocycles. The first-order chi connectivity index (χ1) is 8.09. The molecule has 0 spiro atoms. The highest BCUT2D eigenvalue weighted by Crippen LogP contribution is 2.36. The van der Waals surface area contributed by atoms with Gasteiger partial charge in [0.2, 0.25) is 0 Å². The summed E-state index contributed by atoms with van der Waals surface area (Å²) in [4.78, 5) is 0. The van der Waals surface area contributed by atoms with Crippen molar-refractivity contribution in [2.24, 2.45) is 0 Å². The van der Waals surface area contributed by atoms with Gasteiger partial charge in [-0.3, -0.25) is 0 Å². The Bertz CT molecular complexity index is 422. The number of rotatable bonds is 2. The normalized spacial score (nSPS) is 17.1. The number of benzene rings is 1. The van der Waals surface area contributed by atoms with Crippen molar-refractivity contribution in [3.8, 4) is 5.75 Å². The lowest BCUT2D eigenvalue weighted by Crippen LogP contribution is -2.26. The fraction of sp³-hybridized carbons (Fsp3) is 0.455. The van der Waals surface area contributed by atoms with Crippen LogP contribution in [-0.4, -0.2) is 19.3 Å². The predicted octanol–water partition coefficient (Wildman–Crippen LogP) is 2.20. The van der Waals surface area contributed by atoms with Crippen LogP contribution in [0.15, 0.2) is 6.07 Å². The van der Waals surface area contributed by atoms with E-state index in [1.54, 1.807) is 0 Å². The Labute approximate surface area is 104 Å². The second-order valence-electron chi connectivity index (χ2n) is 3.94. The van der Waals surface area contributed by atoms with Gasteiger partial charge in [0.05, 0.1) is 24.6 Å². The summed E-state index contributed by atoms with van der Waals surface area (Å²) < 4.78 is 24.6. The van der Waals surface area contributed by atoms with Gasteiger partial charge in [0.15, 0.2) is 11.6 Å². The van der Waals surface area contributed by atoms with Gasteiger partial charge in [0, 0.05) is 12.8 Å². The molecule has 0 saturated carbocycles. The van der Waals surface area contributed by atoms with Crippen LogP contribution in [0.1, 0.15) is 12.8 Å². The number of nitrogens with two attached hydrogens (primary N) is 2. The van der Waals surface area contributed by atoms with E-state index in [0.717, 1.165) is 0 Å². The van der Waals surface area contributed by atoms with Gasteiger partial charge in [0.1, 0.15) is 11.1 Å². The van der Waals surface area contributed by atoms with Gasteiger partial charge >= 0.3 is 0 Å². The molecule has 1 aliphatic rings. The van der Waals surface area contributed by atoms with Crippen LogP contribution in [0.3, 0.4) is 0 Å². The van der Waals surface area contributed by atoms with Crippen molar-refractivity contribution < 1.29 is 13.9 Å². The summed E-state index contributed by atoms with van der Waals surface area (Å²) in [7, 11) is 0. The molecule has 94 valence electrons. The Kier molecular flexibility index (Phi) is 3.59. The number of halogens is 2. The van der Waals surface area contributed by atoms with E-state index in [-0.39, 0.29) is 28.3 Å². The van der Waals surface area contributed by atoms with Crippen molar-refractivity contribution in [3.05, 3.63) is 16.9 Å². The molecule has 1 aromatic rings. The smallest absolute Gasteiger partial charge is 0.187 e. The van der Waals surface area contributed by atoms with Gasteiger partial charge in [0.25, 0.3) is 0 Å². The summed E-state index contributed by atoms with van der Waals surface area (Å²) in [6.07, 6.45) is 1.32. The number of anilines is 2. The van der Waals surface area contributed by atoms with Crippen molar-refractivity contribution in [1.29, 1.82) is 0 Å². The Hall–Kier alpha value is -1.20. The van der Waals surface area contributed by atoms with Crippen molar-refractivity contribution in [3.63, 3.8) is 0 Å². The first-order valence-electron chi connectivity index (χ1n) is 5.37. The predicted molar refractivity (Wildman–Crippen MR) is 64.7 cm³/mol. The summed E-state index contributed by atoms with van der Waals surface area (Å²) in [5.41, 5.74) is 11.4. The molecule has 4 nitrogen and oxygen atoms in total. The third-order valence-corrected chi connectivity index (χ3v) is 3.06. The topological polar surface area (TPSA) is 70.5 Å². The Balaban J connectivity index is 2.22. The molecule has 0 amide bonds. The second kappa shape index (κ2) is 4.98. The standard InChI is InChI=1S/C11H14ClFN2O2/c12-9-7(14)5-8(15)11(10(9)13)17-6-1-3-16-4-2-6/h5-6H,1-4,14-15H2. The maximum absolute atomic E-state index is 13.8. The van der Waals surface area contributed by atoms with Crippen LogP contribution < -0.4 is 16.2 Å². The van der Waals surface area contributed by atoms with Crippen LogP contribution in [0.4, 0.5) is 15.8 Å². The molecule has 0 radical (unpaired) electrons. The van der Waals surface area contributed by atoms with Crippen molar-refractivity contribution in [2.75, 3.05) is 24.7 Å². The molecule has 0 bridgehead atoms. The molecule has 4 N–H and O–H groups in total. The number of hydrogen-bond donors (Lipinski definition) is 2. The van der Waals surface area contributed by atoms with Crippen LogP contribution in [0.25, 0.3) is 0 Å². The summed E-state index contributed by atoms with van der Waals surface area (Å²) in [5.74, 6) is -0.716. The maximum Gasteiger partial charge on any atom is 0.187 e. The lowest BCUT2D eigenvalue weighted by molar-refractivity contribution is 0.0244. The van der Waals surface area contributed by atoms with Gasteiger partial charge < -0.3 is 20.9 Å². The number of ether oxygens (including phenoxy) is 2. The molecule has 0 aromatic heterocycles. The molecular formula is C11H14ClFN2O2. The summed E-state index contributed by atoms with van der Waals surface area (Å²) in [6.45, 7) is 1.21. The van der Waals surface area contributed by atoms with Gasteiger partial charge in [-0.2, -0.15) is 0 Å². The van der Waals surface area contributed by atoms with Crippen molar-refractivity contribution in [2.45, 2.75) is 18.9 Å². The van der Waals surface area contributed by atoms with Crippen LogP contribution in [-0.2, 0) is 4.74 Å². The lowest BCUT2D eigenvalue weighted by Gasteiger charge is -2.24. The van der Waals surface area contributed by atoms with Crippen molar-refractivity contribution >= 4 is 23.0 Å². The Morgan fingerprint density at radius 2 is 1.94 bits per heavy atom. The first-order valence-corrected chi connectivity index (χ1v) is 5.74. The molecule has 0 atom stereocenters. The third kappa shape index (κ3) is 2.56. The van der Waals surface area contributed by atoms with E-state index in [9.17, 15) is 4.39 Å². The summed E-state index contributed by atoms with van der Waals surface area (Å²) in [6, 6.07) is 1.40. The fourth-order valence-electron chi connectivity index (χ4n) is 1.73. The molecule has 0 aliphatic carbocycles.